The van der Waals surface area contributed by atoms with E-state index in [4.69, 9.17) is 10.5 Å². The standard InChI is InChI=1S/C13H15N3O.ClH/c14-11-7-9-17-13(11)12-6-8-15-16(12)10-4-2-1-3-5-10;/h1-6,8,11,13H,7,9,14H2;1H. The summed E-state index contributed by atoms with van der Waals surface area (Å²) in [6.45, 7) is 0.728. The zero-order chi connectivity index (χ0) is 11.7. The lowest BCUT2D eigenvalue weighted by molar-refractivity contribution is 0.0995. The summed E-state index contributed by atoms with van der Waals surface area (Å²) in [6.07, 6.45) is 2.65. The minimum Gasteiger partial charge on any atom is -0.370 e. The Hall–Kier alpha value is -1.36. The molecule has 3 rings (SSSR count). The van der Waals surface area contributed by atoms with Crippen molar-refractivity contribution in [3.05, 3.63) is 48.3 Å². The Morgan fingerprint density at radius 1 is 1.22 bits per heavy atom. The van der Waals surface area contributed by atoms with E-state index in [1.165, 1.54) is 0 Å². The van der Waals surface area contributed by atoms with Gasteiger partial charge in [-0.2, -0.15) is 5.10 Å². The molecule has 2 N–H and O–H groups in total. The van der Waals surface area contributed by atoms with E-state index in [2.05, 4.69) is 5.10 Å². The average molecular weight is 266 g/mol. The van der Waals surface area contributed by atoms with Gasteiger partial charge in [-0.1, -0.05) is 18.2 Å². The van der Waals surface area contributed by atoms with Gasteiger partial charge in [-0.05, 0) is 24.6 Å². The van der Waals surface area contributed by atoms with E-state index in [0.717, 1.165) is 24.4 Å². The quantitative estimate of drug-likeness (QED) is 0.905. The molecule has 1 fully saturated rings. The molecule has 0 amide bonds. The molecular formula is C13H16ClN3O. The van der Waals surface area contributed by atoms with Crippen LogP contribution in [0.1, 0.15) is 18.2 Å². The number of hydrogen-bond donors (Lipinski definition) is 1. The fourth-order valence-corrected chi connectivity index (χ4v) is 2.22. The summed E-state index contributed by atoms with van der Waals surface area (Å²) < 4.78 is 7.58. The van der Waals surface area contributed by atoms with E-state index < -0.39 is 0 Å². The van der Waals surface area contributed by atoms with Gasteiger partial charge in [-0.3, -0.25) is 0 Å². The average Bonchev–Trinajstić information content (AvgIpc) is 2.98. The molecule has 1 saturated heterocycles. The van der Waals surface area contributed by atoms with Crippen LogP contribution in [-0.4, -0.2) is 22.4 Å². The second kappa shape index (κ2) is 5.52. The third kappa shape index (κ3) is 2.27. The Balaban J connectivity index is 0.00000120. The van der Waals surface area contributed by atoms with Gasteiger partial charge in [0.15, 0.2) is 0 Å². The number of rotatable bonds is 2. The topological polar surface area (TPSA) is 53.1 Å². The molecule has 0 aliphatic carbocycles. The number of aromatic nitrogens is 2. The summed E-state index contributed by atoms with van der Waals surface area (Å²) in [5, 5.41) is 4.35. The maximum atomic E-state index is 6.05. The van der Waals surface area contributed by atoms with Crippen molar-refractivity contribution in [1.29, 1.82) is 0 Å². The summed E-state index contributed by atoms with van der Waals surface area (Å²) in [5.41, 5.74) is 8.12. The molecule has 96 valence electrons. The van der Waals surface area contributed by atoms with Gasteiger partial charge in [-0.25, -0.2) is 4.68 Å². The predicted molar refractivity (Wildman–Crippen MR) is 72.1 cm³/mol. The van der Waals surface area contributed by atoms with Crippen molar-refractivity contribution in [2.24, 2.45) is 5.73 Å². The third-order valence-electron chi connectivity index (χ3n) is 3.10. The summed E-state index contributed by atoms with van der Waals surface area (Å²) >= 11 is 0. The summed E-state index contributed by atoms with van der Waals surface area (Å²) in [5.74, 6) is 0. The molecule has 18 heavy (non-hydrogen) atoms. The van der Waals surface area contributed by atoms with Crippen LogP contribution < -0.4 is 5.73 Å². The monoisotopic (exact) mass is 265 g/mol. The SMILES string of the molecule is Cl.NC1CCOC1c1ccnn1-c1ccccc1. The number of nitrogens with zero attached hydrogens (tertiary/aromatic N) is 2. The highest BCUT2D eigenvalue weighted by Crippen LogP contribution is 2.28. The lowest BCUT2D eigenvalue weighted by Crippen LogP contribution is -2.25. The van der Waals surface area contributed by atoms with E-state index in [-0.39, 0.29) is 24.6 Å². The van der Waals surface area contributed by atoms with Crippen molar-refractivity contribution in [2.45, 2.75) is 18.6 Å². The van der Waals surface area contributed by atoms with E-state index >= 15 is 0 Å². The van der Waals surface area contributed by atoms with Crippen molar-refractivity contribution in [1.82, 2.24) is 9.78 Å². The molecule has 0 radical (unpaired) electrons. The van der Waals surface area contributed by atoms with Gasteiger partial charge >= 0.3 is 0 Å². The number of benzene rings is 1. The highest BCUT2D eigenvalue weighted by molar-refractivity contribution is 5.85. The Bertz CT molecular complexity index is 500. The first-order valence-corrected chi connectivity index (χ1v) is 5.83. The molecule has 2 aromatic rings. The number of halogens is 1. The first-order valence-electron chi connectivity index (χ1n) is 5.83. The molecule has 1 aliphatic heterocycles. The Kier molecular flexibility index (Phi) is 4.01. The van der Waals surface area contributed by atoms with Crippen LogP contribution in [0.2, 0.25) is 0 Å². The molecule has 2 heterocycles. The van der Waals surface area contributed by atoms with Crippen molar-refractivity contribution < 1.29 is 4.74 Å². The Morgan fingerprint density at radius 2 is 2.00 bits per heavy atom. The van der Waals surface area contributed by atoms with Gasteiger partial charge in [0, 0.05) is 18.8 Å². The predicted octanol–water partition coefficient (Wildman–Crippen LogP) is 2.08. The van der Waals surface area contributed by atoms with E-state index in [1.807, 2.05) is 41.1 Å². The molecule has 1 aromatic carbocycles. The molecular weight excluding hydrogens is 250 g/mol. The molecule has 0 bridgehead atoms. The van der Waals surface area contributed by atoms with E-state index in [1.54, 1.807) is 6.20 Å². The molecule has 5 heteroatoms. The molecule has 2 atom stereocenters. The second-order valence-electron chi connectivity index (χ2n) is 4.25. The van der Waals surface area contributed by atoms with Crippen molar-refractivity contribution >= 4 is 12.4 Å². The highest BCUT2D eigenvalue weighted by Gasteiger charge is 2.29. The minimum atomic E-state index is -0.0438. The van der Waals surface area contributed by atoms with Crippen molar-refractivity contribution in [2.75, 3.05) is 6.61 Å². The fraction of sp³-hybridized carbons (Fsp3) is 0.308. The summed E-state index contributed by atoms with van der Waals surface area (Å²) in [7, 11) is 0. The minimum absolute atomic E-state index is 0. The van der Waals surface area contributed by atoms with Gasteiger partial charge in [0.2, 0.25) is 0 Å². The van der Waals surface area contributed by atoms with E-state index in [9.17, 15) is 0 Å². The van der Waals surface area contributed by atoms with Crippen LogP contribution >= 0.6 is 12.4 Å². The molecule has 2 unspecified atom stereocenters. The summed E-state index contributed by atoms with van der Waals surface area (Å²) in [6, 6.07) is 12.1. The second-order valence-corrected chi connectivity index (χ2v) is 4.25. The lowest BCUT2D eigenvalue weighted by atomic mass is 10.1. The zero-order valence-electron chi connectivity index (χ0n) is 9.90. The van der Waals surface area contributed by atoms with Crippen LogP contribution in [0.25, 0.3) is 5.69 Å². The first kappa shape index (κ1) is 13.1. The summed E-state index contributed by atoms with van der Waals surface area (Å²) in [4.78, 5) is 0. The van der Waals surface area contributed by atoms with E-state index in [0.29, 0.717) is 0 Å². The van der Waals surface area contributed by atoms with Gasteiger partial charge in [0.25, 0.3) is 0 Å². The first-order chi connectivity index (χ1) is 8.36. The number of para-hydroxylation sites is 1. The maximum Gasteiger partial charge on any atom is 0.115 e. The number of ether oxygens (including phenoxy) is 1. The molecule has 4 nitrogen and oxygen atoms in total. The van der Waals surface area contributed by atoms with Crippen LogP contribution in [0.15, 0.2) is 42.6 Å². The third-order valence-corrected chi connectivity index (χ3v) is 3.10. The molecule has 1 aromatic heterocycles. The fourth-order valence-electron chi connectivity index (χ4n) is 2.22. The van der Waals surface area contributed by atoms with Gasteiger partial charge in [0.05, 0.1) is 11.4 Å². The van der Waals surface area contributed by atoms with Crippen molar-refractivity contribution in [3.8, 4) is 5.69 Å². The maximum absolute atomic E-state index is 6.05. The number of nitrogens with two attached hydrogens (primary N) is 1. The normalized spacial score (nSPS) is 22.7. The van der Waals surface area contributed by atoms with Gasteiger partial charge < -0.3 is 10.5 Å². The van der Waals surface area contributed by atoms with Crippen LogP contribution in [0.5, 0.6) is 0 Å². The van der Waals surface area contributed by atoms with Crippen LogP contribution in [0, 0.1) is 0 Å². The molecule has 0 spiro atoms. The zero-order valence-corrected chi connectivity index (χ0v) is 10.7. The molecule has 1 aliphatic rings. The largest absolute Gasteiger partial charge is 0.370 e. The number of hydrogen-bond acceptors (Lipinski definition) is 3. The highest BCUT2D eigenvalue weighted by atomic mass is 35.5. The molecule has 0 saturated carbocycles. The van der Waals surface area contributed by atoms with Crippen LogP contribution in [0.3, 0.4) is 0 Å². The van der Waals surface area contributed by atoms with Gasteiger partial charge in [0.1, 0.15) is 6.10 Å². The smallest absolute Gasteiger partial charge is 0.115 e. The lowest BCUT2D eigenvalue weighted by Gasteiger charge is -2.16. The Morgan fingerprint density at radius 3 is 2.67 bits per heavy atom. The van der Waals surface area contributed by atoms with Crippen LogP contribution in [0.4, 0.5) is 0 Å². The Labute approximate surface area is 112 Å². The van der Waals surface area contributed by atoms with Crippen molar-refractivity contribution in [3.63, 3.8) is 0 Å². The van der Waals surface area contributed by atoms with Crippen LogP contribution in [-0.2, 0) is 4.74 Å². The van der Waals surface area contributed by atoms with Gasteiger partial charge in [-0.15, -0.1) is 12.4 Å².